The van der Waals surface area contributed by atoms with Crippen molar-refractivity contribution in [1.29, 1.82) is 0 Å². The molecule has 0 radical (unpaired) electrons. The molecule has 0 amide bonds. The van der Waals surface area contributed by atoms with Gasteiger partial charge in [-0.25, -0.2) is 0 Å². The first-order valence-electron chi connectivity index (χ1n) is 6.40. The lowest BCUT2D eigenvalue weighted by Gasteiger charge is -2.12. The molecule has 2 aromatic carbocycles. The molecular formula is C15H12I3NO3S. The van der Waals surface area contributed by atoms with Crippen LogP contribution in [0.1, 0.15) is 5.56 Å². The van der Waals surface area contributed by atoms with Crippen molar-refractivity contribution in [3.05, 3.63) is 46.6 Å². The Bertz CT molecular complexity index is 732. The van der Waals surface area contributed by atoms with Crippen LogP contribution in [0.15, 0.2) is 40.1 Å². The van der Waals surface area contributed by atoms with Gasteiger partial charge in [-0.1, -0.05) is 11.8 Å². The van der Waals surface area contributed by atoms with Crippen LogP contribution in [0.4, 0.5) is 0 Å². The average molecular weight is 667 g/mol. The lowest BCUT2D eigenvalue weighted by atomic mass is 10.1. The summed E-state index contributed by atoms with van der Waals surface area (Å²) in [6.07, 6.45) is 0.309. The topological polar surface area (TPSA) is 83.5 Å². The Labute approximate surface area is 179 Å². The van der Waals surface area contributed by atoms with Gasteiger partial charge < -0.3 is 15.9 Å². The molecule has 0 unspecified atom stereocenters. The highest BCUT2D eigenvalue weighted by Crippen LogP contribution is 2.37. The monoisotopic (exact) mass is 667 g/mol. The Morgan fingerprint density at radius 3 is 2.26 bits per heavy atom. The number of carbonyl (C=O) groups is 1. The highest BCUT2D eigenvalue weighted by Gasteiger charge is 2.15. The molecule has 4 nitrogen and oxygen atoms in total. The number of rotatable bonds is 5. The molecule has 0 aliphatic carbocycles. The largest absolute Gasteiger partial charge is 0.507 e. The lowest BCUT2D eigenvalue weighted by Crippen LogP contribution is -2.32. The fraction of sp³-hybridized carbons (Fsp3) is 0.133. The van der Waals surface area contributed by atoms with Gasteiger partial charge in [0, 0.05) is 16.9 Å². The number of aliphatic carboxylic acids is 1. The zero-order valence-electron chi connectivity index (χ0n) is 11.6. The number of carboxylic acid groups (broad SMARTS) is 1. The second kappa shape index (κ2) is 8.54. The molecule has 0 aliphatic heterocycles. The van der Waals surface area contributed by atoms with Gasteiger partial charge in [-0.3, -0.25) is 4.79 Å². The Morgan fingerprint density at radius 2 is 1.74 bits per heavy atom. The number of hydrogen-bond donors (Lipinski definition) is 3. The number of benzene rings is 2. The first-order chi connectivity index (χ1) is 10.8. The summed E-state index contributed by atoms with van der Waals surface area (Å²) >= 11 is 8.22. The molecule has 0 fully saturated rings. The second-order valence-corrected chi connectivity index (χ2v) is 9.32. The van der Waals surface area contributed by atoms with Crippen molar-refractivity contribution in [2.24, 2.45) is 5.73 Å². The molecule has 2 aromatic rings. The van der Waals surface area contributed by atoms with Crippen LogP contribution in [0.3, 0.4) is 0 Å². The average Bonchev–Trinajstić information content (AvgIpc) is 2.46. The Hall–Kier alpha value is 0.210. The predicted octanol–water partition coefficient (Wildman–Crippen LogP) is 4.31. The number of phenols is 1. The molecule has 23 heavy (non-hydrogen) atoms. The molecule has 0 spiro atoms. The number of aromatic hydroxyl groups is 1. The first-order valence-corrected chi connectivity index (χ1v) is 10.5. The van der Waals surface area contributed by atoms with Gasteiger partial charge in [0.2, 0.25) is 0 Å². The lowest BCUT2D eigenvalue weighted by molar-refractivity contribution is -0.138. The van der Waals surface area contributed by atoms with Crippen molar-refractivity contribution in [2.45, 2.75) is 22.3 Å². The third-order valence-corrected chi connectivity index (χ3v) is 7.40. The summed E-state index contributed by atoms with van der Waals surface area (Å²) in [4.78, 5) is 13.0. The predicted molar refractivity (Wildman–Crippen MR) is 116 cm³/mol. The Kier molecular flexibility index (Phi) is 7.25. The van der Waals surface area contributed by atoms with Gasteiger partial charge in [0.15, 0.2) is 0 Å². The zero-order chi connectivity index (χ0) is 17.1. The standard InChI is InChI=1S/C15H12I3NO3S/c16-9-6-8(1-2-13(9)20)23-14-10(17)3-7(4-11(14)18)5-12(19)15(21)22/h1-4,6,12,20H,5,19H2,(H,21,22)/t12-/m0/s1. The van der Waals surface area contributed by atoms with Crippen LogP contribution < -0.4 is 5.73 Å². The van der Waals surface area contributed by atoms with Crippen molar-refractivity contribution in [1.82, 2.24) is 0 Å². The SMILES string of the molecule is N[C@@H](Cc1cc(I)c(Sc2ccc(O)c(I)c2)c(I)c1)C(=O)O. The van der Waals surface area contributed by atoms with E-state index >= 15 is 0 Å². The molecule has 2 rings (SSSR count). The van der Waals surface area contributed by atoms with Gasteiger partial charge >= 0.3 is 5.97 Å². The molecule has 8 heteroatoms. The molecule has 4 N–H and O–H groups in total. The summed E-state index contributed by atoms with van der Waals surface area (Å²) in [5.41, 5.74) is 6.52. The number of hydrogen-bond acceptors (Lipinski definition) is 4. The third-order valence-electron chi connectivity index (χ3n) is 2.97. The van der Waals surface area contributed by atoms with Crippen LogP contribution in [0.5, 0.6) is 5.75 Å². The quantitative estimate of drug-likeness (QED) is 0.415. The van der Waals surface area contributed by atoms with Crippen molar-refractivity contribution >= 4 is 85.5 Å². The smallest absolute Gasteiger partial charge is 0.320 e. The molecule has 0 aromatic heterocycles. The fourth-order valence-electron chi connectivity index (χ4n) is 1.84. The summed E-state index contributed by atoms with van der Waals surface area (Å²) in [5, 5.41) is 18.5. The van der Waals surface area contributed by atoms with E-state index < -0.39 is 12.0 Å². The molecule has 0 bridgehead atoms. The van der Waals surface area contributed by atoms with E-state index in [1.165, 1.54) is 0 Å². The molecule has 0 aliphatic rings. The zero-order valence-corrected chi connectivity index (χ0v) is 18.9. The van der Waals surface area contributed by atoms with Crippen LogP contribution in [-0.2, 0) is 11.2 Å². The maximum Gasteiger partial charge on any atom is 0.320 e. The summed E-state index contributed by atoms with van der Waals surface area (Å²) < 4.78 is 2.91. The number of nitrogens with two attached hydrogens (primary N) is 1. The number of halogens is 3. The molecule has 0 heterocycles. The van der Waals surface area contributed by atoms with E-state index in [2.05, 4.69) is 67.8 Å². The second-order valence-electron chi connectivity index (χ2n) is 4.75. The van der Waals surface area contributed by atoms with Crippen molar-refractivity contribution in [3.8, 4) is 5.75 Å². The van der Waals surface area contributed by atoms with E-state index in [-0.39, 0.29) is 5.75 Å². The van der Waals surface area contributed by atoms with Gasteiger partial charge in [0.05, 0.1) is 3.57 Å². The van der Waals surface area contributed by atoms with Gasteiger partial charge in [-0.2, -0.15) is 0 Å². The Morgan fingerprint density at radius 1 is 1.13 bits per heavy atom. The maximum atomic E-state index is 10.9. The molecule has 122 valence electrons. The van der Waals surface area contributed by atoms with Gasteiger partial charge in [0.25, 0.3) is 0 Å². The molecule has 0 saturated carbocycles. The maximum absolute atomic E-state index is 10.9. The summed E-state index contributed by atoms with van der Waals surface area (Å²) in [6, 6.07) is 8.55. The minimum Gasteiger partial charge on any atom is -0.507 e. The third kappa shape index (κ3) is 5.34. The van der Waals surface area contributed by atoms with Gasteiger partial charge in [-0.15, -0.1) is 0 Å². The molecule has 0 saturated heterocycles. The van der Waals surface area contributed by atoms with Crippen LogP contribution in [0, 0.1) is 10.7 Å². The summed E-state index contributed by atoms with van der Waals surface area (Å²) in [7, 11) is 0. The minimum absolute atomic E-state index is 0.275. The molecule has 1 atom stereocenters. The highest BCUT2D eigenvalue weighted by molar-refractivity contribution is 14.1. The van der Waals surface area contributed by atoms with Gasteiger partial charge in [-0.05, 0) is 110 Å². The van der Waals surface area contributed by atoms with E-state index in [0.29, 0.717) is 6.42 Å². The Balaban J connectivity index is 2.26. The summed E-state index contributed by atoms with van der Waals surface area (Å²) in [6.45, 7) is 0. The number of phenolic OH excluding ortho intramolecular Hbond substituents is 1. The van der Waals surface area contributed by atoms with E-state index in [4.69, 9.17) is 10.8 Å². The van der Waals surface area contributed by atoms with Crippen LogP contribution in [0.2, 0.25) is 0 Å². The normalized spacial score (nSPS) is 12.2. The first kappa shape index (κ1) is 19.5. The van der Waals surface area contributed by atoms with Crippen molar-refractivity contribution < 1.29 is 15.0 Å². The van der Waals surface area contributed by atoms with Crippen molar-refractivity contribution in [2.75, 3.05) is 0 Å². The van der Waals surface area contributed by atoms with E-state index in [1.54, 1.807) is 17.8 Å². The highest BCUT2D eigenvalue weighted by atomic mass is 127. The van der Waals surface area contributed by atoms with E-state index in [0.717, 1.165) is 26.1 Å². The number of carboxylic acids is 1. The fourth-order valence-corrected chi connectivity index (χ4v) is 5.98. The van der Waals surface area contributed by atoms with Crippen LogP contribution in [0.25, 0.3) is 0 Å². The van der Waals surface area contributed by atoms with E-state index in [9.17, 15) is 9.90 Å². The summed E-state index contributed by atoms with van der Waals surface area (Å²) in [5.74, 6) is -0.718. The minimum atomic E-state index is -0.993. The van der Waals surface area contributed by atoms with Crippen LogP contribution >= 0.6 is 79.5 Å². The van der Waals surface area contributed by atoms with E-state index in [1.807, 2.05) is 24.3 Å². The van der Waals surface area contributed by atoms with Gasteiger partial charge in [0.1, 0.15) is 11.8 Å². The molecular weight excluding hydrogens is 655 g/mol. The van der Waals surface area contributed by atoms with Crippen molar-refractivity contribution in [3.63, 3.8) is 0 Å². The van der Waals surface area contributed by atoms with Crippen LogP contribution in [-0.4, -0.2) is 22.2 Å².